The molecule has 2 aromatic rings. The molecule has 122 valence electrons. The van der Waals surface area contributed by atoms with Crippen molar-refractivity contribution in [1.82, 2.24) is 14.8 Å². The minimum absolute atomic E-state index is 0.218. The van der Waals surface area contributed by atoms with Crippen LogP contribution in [0.2, 0.25) is 0 Å². The Kier molecular flexibility index (Phi) is 5.08. The first kappa shape index (κ1) is 15.7. The predicted molar refractivity (Wildman–Crippen MR) is 87.8 cm³/mol. The lowest BCUT2D eigenvalue weighted by molar-refractivity contribution is -0.133. The van der Waals surface area contributed by atoms with Crippen molar-refractivity contribution >= 4 is 5.91 Å². The number of nitrogens with zero attached hydrogens (tertiary/aromatic N) is 3. The number of hydrogen-bond acceptors (Lipinski definition) is 4. The summed E-state index contributed by atoms with van der Waals surface area (Å²) in [6.07, 6.45) is 6.57. The Hall–Kier alpha value is -2.14. The molecule has 0 saturated carbocycles. The lowest BCUT2D eigenvalue weighted by Gasteiger charge is -2.38. The minimum atomic E-state index is 0.218. The maximum atomic E-state index is 12.3. The summed E-state index contributed by atoms with van der Waals surface area (Å²) in [6, 6.07) is 8.20. The van der Waals surface area contributed by atoms with Gasteiger partial charge in [0.1, 0.15) is 5.76 Å². The molecule has 1 atom stereocenters. The van der Waals surface area contributed by atoms with Crippen LogP contribution in [0.25, 0.3) is 0 Å². The Labute approximate surface area is 136 Å². The third-order valence-corrected chi connectivity index (χ3v) is 4.55. The van der Waals surface area contributed by atoms with Gasteiger partial charge in [0.15, 0.2) is 0 Å². The predicted octanol–water partition coefficient (Wildman–Crippen LogP) is 2.51. The van der Waals surface area contributed by atoms with E-state index in [0.717, 1.165) is 31.9 Å². The normalized spacial score (nSPS) is 17.2. The fourth-order valence-corrected chi connectivity index (χ4v) is 3.04. The fraction of sp³-hybridized carbons (Fsp3) is 0.444. The van der Waals surface area contributed by atoms with Crippen molar-refractivity contribution in [3.05, 3.63) is 54.2 Å². The highest BCUT2D eigenvalue weighted by molar-refractivity contribution is 5.76. The summed E-state index contributed by atoms with van der Waals surface area (Å²) < 4.78 is 5.28. The van der Waals surface area contributed by atoms with Crippen molar-refractivity contribution in [2.24, 2.45) is 0 Å². The van der Waals surface area contributed by atoms with Crippen LogP contribution in [0.5, 0.6) is 0 Å². The molecule has 0 N–H and O–H groups in total. The second kappa shape index (κ2) is 7.42. The van der Waals surface area contributed by atoms with Gasteiger partial charge in [0, 0.05) is 57.5 Å². The SMILES string of the molecule is C[C@@H](c1cccnc1)N1CCN(C(=O)CCc2ccco2)CC1. The van der Waals surface area contributed by atoms with Gasteiger partial charge in [0.05, 0.1) is 6.26 Å². The zero-order valence-corrected chi connectivity index (χ0v) is 13.5. The van der Waals surface area contributed by atoms with Gasteiger partial charge in [-0.05, 0) is 30.7 Å². The summed E-state index contributed by atoms with van der Waals surface area (Å²) in [7, 11) is 0. The van der Waals surface area contributed by atoms with E-state index in [1.54, 1.807) is 12.5 Å². The highest BCUT2D eigenvalue weighted by Gasteiger charge is 2.24. The van der Waals surface area contributed by atoms with Crippen molar-refractivity contribution < 1.29 is 9.21 Å². The largest absolute Gasteiger partial charge is 0.469 e. The van der Waals surface area contributed by atoms with Crippen LogP contribution in [0.15, 0.2) is 47.3 Å². The van der Waals surface area contributed by atoms with Crippen LogP contribution in [-0.4, -0.2) is 46.9 Å². The second-order valence-electron chi connectivity index (χ2n) is 5.96. The molecule has 23 heavy (non-hydrogen) atoms. The van der Waals surface area contributed by atoms with Crippen molar-refractivity contribution in [3.63, 3.8) is 0 Å². The Bertz CT molecular complexity index is 604. The number of aryl methyl sites for hydroxylation is 1. The molecule has 0 unspecified atom stereocenters. The van der Waals surface area contributed by atoms with Gasteiger partial charge in [0.2, 0.25) is 5.91 Å². The number of piperazine rings is 1. The van der Waals surface area contributed by atoms with Gasteiger partial charge in [0.25, 0.3) is 0 Å². The third-order valence-electron chi connectivity index (χ3n) is 4.55. The first-order valence-electron chi connectivity index (χ1n) is 8.18. The van der Waals surface area contributed by atoms with Crippen molar-refractivity contribution in [2.45, 2.75) is 25.8 Å². The third kappa shape index (κ3) is 3.99. The average molecular weight is 313 g/mol. The van der Waals surface area contributed by atoms with Crippen LogP contribution in [0.4, 0.5) is 0 Å². The Morgan fingerprint density at radius 1 is 1.26 bits per heavy atom. The van der Waals surface area contributed by atoms with E-state index < -0.39 is 0 Å². The van der Waals surface area contributed by atoms with E-state index >= 15 is 0 Å². The molecule has 0 aliphatic carbocycles. The molecule has 0 radical (unpaired) electrons. The van der Waals surface area contributed by atoms with Crippen LogP contribution >= 0.6 is 0 Å². The fourth-order valence-electron chi connectivity index (χ4n) is 3.04. The number of carbonyl (C=O) groups is 1. The van der Waals surface area contributed by atoms with Crippen molar-refractivity contribution in [2.75, 3.05) is 26.2 Å². The Morgan fingerprint density at radius 2 is 2.09 bits per heavy atom. The minimum Gasteiger partial charge on any atom is -0.469 e. The number of furan rings is 1. The molecule has 1 aliphatic heterocycles. The average Bonchev–Trinajstić information content (AvgIpc) is 3.13. The van der Waals surface area contributed by atoms with Gasteiger partial charge < -0.3 is 9.32 Å². The molecule has 1 fully saturated rings. The van der Waals surface area contributed by atoms with E-state index in [9.17, 15) is 4.79 Å². The van der Waals surface area contributed by atoms with Gasteiger partial charge in [-0.25, -0.2) is 0 Å². The first-order chi connectivity index (χ1) is 11.2. The molecule has 0 bridgehead atoms. The molecule has 3 rings (SSSR count). The zero-order chi connectivity index (χ0) is 16.1. The molecule has 1 saturated heterocycles. The quantitative estimate of drug-likeness (QED) is 0.851. The first-order valence-corrected chi connectivity index (χ1v) is 8.18. The molecule has 1 amide bonds. The van der Waals surface area contributed by atoms with Crippen molar-refractivity contribution in [1.29, 1.82) is 0 Å². The highest BCUT2D eigenvalue weighted by atomic mass is 16.3. The summed E-state index contributed by atoms with van der Waals surface area (Å²) >= 11 is 0. The van der Waals surface area contributed by atoms with Crippen molar-refractivity contribution in [3.8, 4) is 0 Å². The molecule has 1 aliphatic rings. The summed E-state index contributed by atoms with van der Waals surface area (Å²) in [5.74, 6) is 1.09. The number of amides is 1. The van der Waals surface area contributed by atoms with Crippen LogP contribution in [0.3, 0.4) is 0 Å². The molecule has 5 nitrogen and oxygen atoms in total. The van der Waals surface area contributed by atoms with Gasteiger partial charge in [-0.1, -0.05) is 6.07 Å². The topological polar surface area (TPSA) is 49.6 Å². The Morgan fingerprint density at radius 3 is 2.74 bits per heavy atom. The molecule has 0 spiro atoms. The van der Waals surface area contributed by atoms with E-state index in [0.29, 0.717) is 18.9 Å². The van der Waals surface area contributed by atoms with Crippen LogP contribution in [-0.2, 0) is 11.2 Å². The summed E-state index contributed by atoms with van der Waals surface area (Å²) in [5.41, 5.74) is 1.23. The second-order valence-corrected chi connectivity index (χ2v) is 5.96. The highest BCUT2D eigenvalue weighted by Crippen LogP contribution is 2.21. The maximum absolute atomic E-state index is 12.3. The van der Waals surface area contributed by atoms with E-state index in [-0.39, 0.29) is 5.91 Å². The molecule has 5 heteroatoms. The van der Waals surface area contributed by atoms with Crippen LogP contribution in [0.1, 0.15) is 30.7 Å². The summed E-state index contributed by atoms with van der Waals surface area (Å²) in [4.78, 5) is 20.9. The lowest BCUT2D eigenvalue weighted by Crippen LogP contribution is -2.49. The number of aromatic nitrogens is 1. The van der Waals surface area contributed by atoms with E-state index in [1.807, 2.05) is 29.3 Å². The van der Waals surface area contributed by atoms with Crippen LogP contribution < -0.4 is 0 Å². The molecule has 0 aromatic carbocycles. The summed E-state index contributed by atoms with van der Waals surface area (Å²) in [6.45, 7) is 5.60. The smallest absolute Gasteiger partial charge is 0.223 e. The molecular weight excluding hydrogens is 290 g/mol. The lowest BCUT2D eigenvalue weighted by atomic mass is 10.1. The van der Waals surface area contributed by atoms with E-state index in [4.69, 9.17) is 4.42 Å². The van der Waals surface area contributed by atoms with E-state index in [1.165, 1.54) is 5.56 Å². The Balaban J connectivity index is 1.47. The number of pyridine rings is 1. The molecule has 2 aromatic heterocycles. The van der Waals surface area contributed by atoms with Crippen LogP contribution in [0, 0.1) is 0 Å². The standard InChI is InChI=1S/C18H23N3O2/c1-15(16-4-2-8-19-14-16)20-9-11-21(12-10-20)18(22)7-6-17-5-3-13-23-17/h2-5,8,13-15H,6-7,9-12H2,1H3/t15-/m0/s1. The van der Waals surface area contributed by atoms with Gasteiger partial charge in [-0.3, -0.25) is 14.7 Å². The molecular formula is C18H23N3O2. The summed E-state index contributed by atoms with van der Waals surface area (Å²) in [5, 5.41) is 0. The number of carbonyl (C=O) groups excluding carboxylic acids is 1. The number of rotatable bonds is 5. The van der Waals surface area contributed by atoms with Gasteiger partial charge in [-0.15, -0.1) is 0 Å². The maximum Gasteiger partial charge on any atom is 0.223 e. The zero-order valence-electron chi connectivity index (χ0n) is 13.5. The van der Waals surface area contributed by atoms with E-state index in [2.05, 4.69) is 22.9 Å². The number of hydrogen-bond donors (Lipinski definition) is 0. The molecule has 3 heterocycles. The monoisotopic (exact) mass is 313 g/mol. The van der Waals surface area contributed by atoms with Gasteiger partial charge in [-0.2, -0.15) is 0 Å². The van der Waals surface area contributed by atoms with Gasteiger partial charge >= 0.3 is 0 Å².